The maximum absolute atomic E-state index is 12.0. The lowest BCUT2D eigenvalue weighted by Gasteiger charge is -2.17. The minimum atomic E-state index is -2.48. The van der Waals surface area contributed by atoms with E-state index in [-0.39, 0.29) is 4.75 Å². The summed E-state index contributed by atoms with van der Waals surface area (Å²) in [7, 11) is -2.48. The molecule has 0 aromatic heterocycles. The topological polar surface area (TPSA) is 40.9 Å². The highest BCUT2D eigenvalue weighted by Crippen LogP contribution is 2.52. The molecule has 0 spiro atoms. The average Bonchev–Trinajstić information content (AvgIpc) is 2.97. The molecule has 2 rings (SSSR count). The third kappa shape index (κ3) is 1.77. The summed E-state index contributed by atoms with van der Waals surface area (Å²) in [6.45, 7) is 4.32. The van der Waals surface area contributed by atoms with Gasteiger partial charge >= 0.3 is 0 Å². The van der Waals surface area contributed by atoms with Crippen LogP contribution in [0.2, 0.25) is 0 Å². The van der Waals surface area contributed by atoms with Gasteiger partial charge in [-0.15, -0.1) is 0 Å². The Morgan fingerprint density at radius 3 is 2.06 bits per heavy atom. The second-order valence-corrected chi connectivity index (χ2v) is 7.58. The quantitative estimate of drug-likeness (QED) is 0.859. The van der Waals surface area contributed by atoms with Gasteiger partial charge < -0.3 is 0 Å². The van der Waals surface area contributed by atoms with E-state index in [4.69, 9.17) is 4.78 Å². The fourth-order valence-electron chi connectivity index (χ4n) is 2.19. The van der Waals surface area contributed by atoms with Gasteiger partial charge in [0.25, 0.3) is 0 Å². The molecule has 0 aliphatic heterocycles. The normalized spacial score (nSPS) is 21.8. The third-order valence-electron chi connectivity index (χ3n) is 3.55. The summed E-state index contributed by atoms with van der Waals surface area (Å²) in [6, 6.07) is 8.32. The van der Waals surface area contributed by atoms with Crippen LogP contribution in [0.15, 0.2) is 24.3 Å². The van der Waals surface area contributed by atoms with Crippen LogP contribution in [0.25, 0.3) is 0 Å². The zero-order valence-corrected chi connectivity index (χ0v) is 10.9. The average molecular weight is 237 g/mol. The number of benzene rings is 1. The first-order valence-electron chi connectivity index (χ1n) is 5.71. The summed E-state index contributed by atoms with van der Waals surface area (Å²) in [6.07, 6.45) is 3.36. The van der Waals surface area contributed by atoms with Gasteiger partial charge in [-0.3, -0.25) is 4.78 Å². The minimum Gasteiger partial charge on any atom is -0.252 e. The van der Waals surface area contributed by atoms with E-state index in [9.17, 15) is 4.21 Å². The molecule has 1 aromatic rings. The van der Waals surface area contributed by atoms with Crippen molar-refractivity contribution in [1.82, 2.24) is 0 Å². The number of hydrogen-bond donors (Lipinski definition) is 1. The Kier molecular flexibility index (Phi) is 2.61. The first-order chi connectivity index (χ1) is 7.37. The van der Waals surface area contributed by atoms with Gasteiger partial charge in [-0.25, -0.2) is 4.21 Å². The van der Waals surface area contributed by atoms with Gasteiger partial charge in [-0.05, 0) is 29.9 Å². The Bertz CT molecular complexity index is 481. The first-order valence-corrected chi connectivity index (χ1v) is 7.67. The molecule has 0 bridgehead atoms. The summed E-state index contributed by atoms with van der Waals surface area (Å²) in [5.74, 6) is 0.520. The van der Waals surface area contributed by atoms with Crippen molar-refractivity contribution in [3.8, 4) is 0 Å². The van der Waals surface area contributed by atoms with Gasteiger partial charge in [0.05, 0.1) is 14.5 Å². The van der Waals surface area contributed by atoms with Gasteiger partial charge in [0.15, 0.2) is 0 Å². The van der Waals surface area contributed by atoms with Crippen molar-refractivity contribution in [2.75, 3.05) is 6.26 Å². The van der Waals surface area contributed by atoms with E-state index >= 15 is 0 Å². The molecule has 1 aliphatic carbocycles. The monoisotopic (exact) mass is 237 g/mol. The highest BCUT2D eigenvalue weighted by atomic mass is 32.2. The minimum absolute atomic E-state index is 0.345. The van der Waals surface area contributed by atoms with Crippen molar-refractivity contribution in [3.05, 3.63) is 35.4 Å². The molecule has 2 nitrogen and oxygen atoms in total. The molecule has 0 amide bonds. The van der Waals surface area contributed by atoms with E-state index in [0.29, 0.717) is 5.92 Å². The smallest absolute Gasteiger partial charge is 0.0785 e. The Labute approximate surface area is 98.0 Å². The standard InChI is InChI=1S/C13H19NOS/c1-10(2)11-4-6-12(7-5-11)13(8-9-13)16(3,14)15/h4-7,10,14H,8-9H2,1-3H3. The molecule has 1 unspecified atom stereocenters. The predicted octanol–water partition coefficient (Wildman–Crippen LogP) is 3.48. The first kappa shape index (κ1) is 11.6. The predicted molar refractivity (Wildman–Crippen MR) is 68.2 cm³/mol. The molecule has 88 valence electrons. The maximum Gasteiger partial charge on any atom is 0.0785 e. The van der Waals surface area contributed by atoms with Gasteiger partial charge in [-0.2, -0.15) is 0 Å². The van der Waals surface area contributed by atoms with Crippen LogP contribution < -0.4 is 0 Å². The molecule has 1 fully saturated rings. The van der Waals surface area contributed by atoms with Crippen molar-refractivity contribution >= 4 is 9.73 Å². The van der Waals surface area contributed by atoms with Crippen molar-refractivity contribution in [2.24, 2.45) is 0 Å². The molecule has 1 saturated carbocycles. The zero-order valence-electron chi connectivity index (χ0n) is 10.1. The molecule has 1 aromatic carbocycles. The Morgan fingerprint density at radius 2 is 1.75 bits per heavy atom. The van der Waals surface area contributed by atoms with E-state index in [1.54, 1.807) is 6.26 Å². The zero-order chi connectivity index (χ0) is 12.0. The molecular formula is C13H19NOS. The van der Waals surface area contributed by atoms with Crippen LogP contribution in [-0.2, 0) is 14.5 Å². The number of hydrogen-bond acceptors (Lipinski definition) is 2. The largest absolute Gasteiger partial charge is 0.252 e. The molecule has 1 atom stereocenters. The third-order valence-corrected chi connectivity index (χ3v) is 5.69. The molecule has 0 heterocycles. The molecule has 3 heteroatoms. The van der Waals surface area contributed by atoms with Gasteiger partial charge in [0.2, 0.25) is 0 Å². The maximum atomic E-state index is 12.0. The highest BCUT2D eigenvalue weighted by Gasteiger charge is 2.50. The fraction of sp³-hybridized carbons (Fsp3) is 0.538. The number of nitrogens with one attached hydrogen (secondary N) is 1. The fourth-order valence-corrected chi connectivity index (χ4v) is 3.66. The Balaban J connectivity index is 2.37. The summed E-state index contributed by atoms with van der Waals surface area (Å²) in [5, 5.41) is 0. The summed E-state index contributed by atoms with van der Waals surface area (Å²) < 4.78 is 19.4. The SMILES string of the molecule is CC(C)c1ccc(C2(S(C)(=N)=O)CC2)cc1. The molecule has 16 heavy (non-hydrogen) atoms. The van der Waals surface area contributed by atoms with Gasteiger partial charge in [0.1, 0.15) is 0 Å². The van der Waals surface area contributed by atoms with Crippen LogP contribution in [0, 0.1) is 4.78 Å². The van der Waals surface area contributed by atoms with Crippen LogP contribution in [0.1, 0.15) is 43.7 Å². The van der Waals surface area contributed by atoms with Crippen molar-refractivity contribution in [2.45, 2.75) is 37.4 Å². The molecule has 1 aliphatic rings. The van der Waals surface area contributed by atoms with Crippen molar-refractivity contribution in [1.29, 1.82) is 4.78 Å². The van der Waals surface area contributed by atoms with Crippen LogP contribution in [-0.4, -0.2) is 10.5 Å². The van der Waals surface area contributed by atoms with Gasteiger partial charge in [-0.1, -0.05) is 38.1 Å². The van der Waals surface area contributed by atoms with Crippen LogP contribution in [0.4, 0.5) is 0 Å². The molecule has 0 radical (unpaired) electrons. The van der Waals surface area contributed by atoms with E-state index in [2.05, 4.69) is 38.1 Å². The summed E-state index contributed by atoms with van der Waals surface area (Å²) >= 11 is 0. The Hall–Kier alpha value is -0.830. The lowest BCUT2D eigenvalue weighted by molar-refractivity contribution is 0.666. The van der Waals surface area contributed by atoms with E-state index < -0.39 is 9.73 Å². The lowest BCUT2D eigenvalue weighted by atomic mass is 10.0. The molecule has 1 N–H and O–H groups in total. The molecule has 0 saturated heterocycles. The van der Waals surface area contributed by atoms with Crippen molar-refractivity contribution < 1.29 is 4.21 Å². The Morgan fingerprint density at radius 1 is 1.25 bits per heavy atom. The lowest BCUT2D eigenvalue weighted by Crippen LogP contribution is -2.17. The van der Waals surface area contributed by atoms with Crippen LogP contribution >= 0.6 is 0 Å². The van der Waals surface area contributed by atoms with Crippen LogP contribution in [0.3, 0.4) is 0 Å². The number of rotatable bonds is 3. The second-order valence-electron chi connectivity index (χ2n) is 5.11. The van der Waals surface area contributed by atoms with E-state index in [1.807, 2.05) is 0 Å². The van der Waals surface area contributed by atoms with Gasteiger partial charge in [0, 0.05) is 6.26 Å². The highest BCUT2D eigenvalue weighted by molar-refractivity contribution is 7.93. The second kappa shape index (κ2) is 3.59. The van der Waals surface area contributed by atoms with E-state index in [1.165, 1.54) is 5.56 Å². The van der Waals surface area contributed by atoms with Crippen LogP contribution in [0.5, 0.6) is 0 Å². The summed E-state index contributed by atoms with van der Waals surface area (Å²) in [5.41, 5.74) is 2.38. The van der Waals surface area contributed by atoms with E-state index in [0.717, 1.165) is 18.4 Å². The molecular weight excluding hydrogens is 218 g/mol. The van der Waals surface area contributed by atoms with Crippen molar-refractivity contribution in [3.63, 3.8) is 0 Å². The summed E-state index contributed by atoms with van der Waals surface area (Å²) in [4.78, 5) is 0.